The molecule has 0 fully saturated rings. The molecule has 31 heavy (non-hydrogen) atoms. The SMILES string of the molecule is Cc1cc(Nc2nccc(N(C)c3n[nH]c4ccc(F)cc34)n2)cc(S(C)(=O)=O)c1C. The predicted octanol–water partition coefficient (Wildman–Crippen LogP) is 4.02. The van der Waals surface area contributed by atoms with Gasteiger partial charge in [-0.3, -0.25) is 5.10 Å². The molecule has 0 saturated heterocycles. The van der Waals surface area contributed by atoms with Crippen molar-refractivity contribution >= 4 is 44.0 Å². The lowest BCUT2D eigenvalue weighted by molar-refractivity contribution is 0.601. The van der Waals surface area contributed by atoms with Crippen LogP contribution in [-0.2, 0) is 9.84 Å². The average molecular weight is 441 g/mol. The van der Waals surface area contributed by atoms with Gasteiger partial charge >= 0.3 is 0 Å². The van der Waals surface area contributed by atoms with Crippen LogP contribution in [0.1, 0.15) is 11.1 Å². The molecule has 160 valence electrons. The maximum absolute atomic E-state index is 13.7. The summed E-state index contributed by atoms with van der Waals surface area (Å²) in [5.41, 5.74) is 2.82. The lowest BCUT2D eigenvalue weighted by Crippen LogP contribution is -2.13. The molecule has 2 aromatic carbocycles. The molecule has 0 aliphatic heterocycles. The summed E-state index contributed by atoms with van der Waals surface area (Å²) in [6, 6.07) is 9.52. The molecule has 2 aromatic heterocycles. The molecule has 0 saturated carbocycles. The van der Waals surface area contributed by atoms with E-state index in [9.17, 15) is 12.8 Å². The van der Waals surface area contributed by atoms with Gasteiger partial charge < -0.3 is 10.2 Å². The zero-order valence-corrected chi connectivity index (χ0v) is 18.2. The van der Waals surface area contributed by atoms with Gasteiger partial charge in [-0.25, -0.2) is 17.8 Å². The fraction of sp³-hybridized carbons (Fsp3) is 0.190. The van der Waals surface area contributed by atoms with Gasteiger partial charge in [0.15, 0.2) is 15.7 Å². The second-order valence-electron chi connectivity index (χ2n) is 7.35. The lowest BCUT2D eigenvalue weighted by Gasteiger charge is -2.17. The lowest BCUT2D eigenvalue weighted by atomic mass is 10.1. The standard InChI is InChI=1S/C21H21FN6O2S/c1-12-9-15(11-18(13(12)2)31(4,29)30)24-21-23-8-7-19(25-21)28(3)20-16-10-14(22)5-6-17(16)26-27-20/h5-11H,1-4H3,(H,26,27)(H,23,24,25). The third kappa shape index (κ3) is 4.06. The van der Waals surface area contributed by atoms with Gasteiger partial charge in [0.25, 0.3) is 0 Å². The van der Waals surface area contributed by atoms with Gasteiger partial charge in [-0.05, 0) is 61.4 Å². The molecule has 0 amide bonds. The molecule has 0 unspecified atom stereocenters. The molecule has 0 aliphatic carbocycles. The van der Waals surface area contributed by atoms with E-state index in [0.717, 1.165) is 5.56 Å². The first-order valence-electron chi connectivity index (χ1n) is 9.42. The van der Waals surface area contributed by atoms with Crippen molar-refractivity contribution in [1.29, 1.82) is 0 Å². The number of nitrogens with one attached hydrogen (secondary N) is 2. The van der Waals surface area contributed by atoms with Crippen molar-refractivity contribution in [2.75, 3.05) is 23.5 Å². The third-order valence-electron chi connectivity index (χ3n) is 5.08. The highest BCUT2D eigenvalue weighted by Crippen LogP contribution is 2.29. The second kappa shape index (κ2) is 7.62. The second-order valence-corrected chi connectivity index (χ2v) is 9.33. The summed E-state index contributed by atoms with van der Waals surface area (Å²) in [7, 11) is -1.61. The molecule has 10 heteroatoms. The number of aromatic amines is 1. The molecular formula is C21H21FN6O2S. The largest absolute Gasteiger partial charge is 0.324 e. The number of sulfone groups is 1. The number of aryl methyl sites for hydroxylation is 1. The first kappa shape index (κ1) is 20.7. The van der Waals surface area contributed by atoms with E-state index in [1.807, 2.05) is 13.0 Å². The zero-order chi connectivity index (χ0) is 22.3. The van der Waals surface area contributed by atoms with Crippen LogP contribution in [0.5, 0.6) is 0 Å². The van der Waals surface area contributed by atoms with Crippen molar-refractivity contribution in [3.05, 3.63) is 59.5 Å². The number of nitrogens with zero attached hydrogens (tertiary/aromatic N) is 4. The van der Waals surface area contributed by atoms with Crippen molar-refractivity contribution in [2.45, 2.75) is 18.7 Å². The van der Waals surface area contributed by atoms with Gasteiger partial charge in [0.05, 0.1) is 10.4 Å². The molecule has 2 heterocycles. The van der Waals surface area contributed by atoms with Crippen LogP contribution in [0.2, 0.25) is 0 Å². The van der Waals surface area contributed by atoms with E-state index in [0.29, 0.717) is 33.8 Å². The predicted molar refractivity (Wildman–Crippen MR) is 118 cm³/mol. The van der Waals surface area contributed by atoms with E-state index in [2.05, 4.69) is 25.5 Å². The van der Waals surface area contributed by atoms with Crippen LogP contribution in [0.3, 0.4) is 0 Å². The number of rotatable bonds is 5. The van der Waals surface area contributed by atoms with Crippen LogP contribution in [0, 0.1) is 19.7 Å². The van der Waals surface area contributed by atoms with Crippen molar-refractivity contribution in [3.63, 3.8) is 0 Å². The highest BCUT2D eigenvalue weighted by molar-refractivity contribution is 7.90. The summed E-state index contributed by atoms with van der Waals surface area (Å²) in [5, 5.41) is 10.8. The van der Waals surface area contributed by atoms with Gasteiger partial charge in [-0.1, -0.05) is 0 Å². The van der Waals surface area contributed by atoms with Gasteiger partial charge in [-0.15, -0.1) is 0 Å². The summed E-state index contributed by atoms with van der Waals surface area (Å²) < 4.78 is 37.9. The van der Waals surface area contributed by atoms with Crippen LogP contribution < -0.4 is 10.2 Å². The first-order chi connectivity index (χ1) is 14.6. The fourth-order valence-corrected chi connectivity index (χ4v) is 4.40. The summed E-state index contributed by atoms with van der Waals surface area (Å²) in [6.07, 6.45) is 2.76. The number of benzene rings is 2. The maximum atomic E-state index is 13.7. The number of hydrogen-bond acceptors (Lipinski definition) is 7. The summed E-state index contributed by atoms with van der Waals surface area (Å²) >= 11 is 0. The Kier molecular flexibility index (Phi) is 5.10. The summed E-state index contributed by atoms with van der Waals surface area (Å²) in [4.78, 5) is 10.7. The van der Waals surface area contributed by atoms with Gasteiger partial charge in [-0.2, -0.15) is 10.1 Å². The fourth-order valence-electron chi connectivity index (χ4n) is 3.35. The topological polar surface area (TPSA) is 104 Å². The van der Waals surface area contributed by atoms with Crippen LogP contribution in [0.4, 0.5) is 27.7 Å². The molecule has 4 aromatic rings. The van der Waals surface area contributed by atoms with E-state index >= 15 is 0 Å². The van der Waals surface area contributed by atoms with Crippen LogP contribution in [0.15, 0.2) is 47.5 Å². The zero-order valence-electron chi connectivity index (χ0n) is 17.4. The first-order valence-corrected chi connectivity index (χ1v) is 11.3. The molecule has 0 bridgehead atoms. The molecule has 0 aliphatic rings. The van der Waals surface area contributed by atoms with E-state index in [4.69, 9.17) is 0 Å². The Balaban J connectivity index is 1.68. The third-order valence-corrected chi connectivity index (χ3v) is 6.31. The average Bonchev–Trinajstić information content (AvgIpc) is 3.12. The maximum Gasteiger partial charge on any atom is 0.229 e. The van der Waals surface area contributed by atoms with Crippen molar-refractivity contribution in [2.24, 2.45) is 0 Å². The molecule has 0 radical (unpaired) electrons. The smallest absolute Gasteiger partial charge is 0.229 e. The van der Waals surface area contributed by atoms with Crippen LogP contribution >= 0.6 is 0 Å². The van der Waals surface area contributed by atoms with Crippen molar-refractivity contribution in [1.82, 2.24) is 20.2 Å². The Morgan fingerprint density at radius 3 is 2.65 bits per heavy atom. The number of H-pyrrole nitrogens is 1. The van der Waals surface area contributed by atoms with Crippen LogP contribution in [-0.4, -0.2) is 41.9 Å². The number of anilines is 4. The monoisotopic (exact) mass is 440 g/mol. The number of aromatic nitrogens is 4. The van der Waals surface area contributed by atoms with E-state index in [-0.39, 0.29) is 16.7 Å². The molecule has 8 nitrogen and oxygen atoms in total. The summed E-state index contributed by atoms with van der Waals surface area (Å²) in [5.74, 6) is 0.982. The Morgan fingerprint density at radius 2 is 1.90 bits per heavy atom. The Morgan fingerprint density at radius 1 is 1.13 bits per heavy atom. The quantitative estimate of drug-likeness (QED) is 0.483. The number of hydrogen-bond donors (Lipinski definition) is 2. The molecule has 4 rings (SSSR count). The number of fused-ring (bicyclic) bond motifs is 1. The molecular weight excluding hydrogens is 419 g/mol. The molecule has 0 atom stereocenters. The summed E-state index contributed by atoms with van der Waals surface area (Å²) in [6.45, 7) is 3.63. The van der Waals surface area contributed by atoms with Gasteiger partial charge in [0.1, 0.15) is 11.6 Å². The normalized spacial score (nSPS) is 11.6. The van der Waals surface area contributed by atoms with Crippen molar-refractivity contribution < 1.29 is 12.8 Å². The van der Waals surface area contributed by atoms with Gasteiger partial charge in [0, 0.05) is 30.6 Å². The molecule has 2 N–H and O–H groups in total. The molecule has 0 spiro atoms. The Labute approximate surface area is 179 Å². The van der Waals surface area contributed by atoms with E-state index in [1.54, 1.807) is 43.3 Å². The van der Waals surface area contributed by atoms with Crippen molar-refractivity contribution in [3.8, 4) is 0 Å². The minimum atomic E-state index is -3.38. The van der Waals surface area contributed by atoms with Crippen LogP contribution in [0.25, 0.3) is 10.9 Å². The minimum Gasteiger partial charge on any atom is -0.324 e. The van der Waals surface area contributed by atoms with E-state index in [1.165, 1.54) is 18.4 Å². The highest BCUT2D eigenvalue weighted by atomic mass is 32.2. The van der Waals surface area contributed by atoms with E-state index < -0.39 is 9.84 Å². The Hall–Kier alpha value is -3.53. The van der Waals surface area contributed by atoms with Gasteiger partial charge in [0.2, 0.25) is 5.95 Å². The highest BCUT2D eigenvalue weighted by Gasteiger charge is 2.16. The Bertz CT molecular complexity index is 1400. The number of halogens is 1. The minimum absolute atomic E-state index is 0.258.